The first kappa shape index (κ1) is 14.3. The molecule has 0 heterocycles. The number of nitrogen functional groups attached to an aromatic ring is 1. The van der Waals surface area contributed by atoms with Crippen LogP contribution in [-0.2, 0) is 15.0 Å². The molecule has 1 aliphatic rings. The van der Waals surface area contributed by atoms with Gasteiger partial charge in [-0.05, 0) is 30.5 Å². The lowest BCUT2D eigenvalue weighted by molar-refractivity contribution is -0.147. The summed E-state index contributed by atoms with van der Waals surface area (Å²) in [6, 6.07) is 7.20. The fourth-order valence-electron chi connectivity index (χ4n) is 2.19. The van der Waals surface area contributed by atoms with Gasteiger partial charge in [-0.1, -0.05) is 12.1 Å². The van der Waals surface area contributed by atoms with Crippen LogP contribution in [-0.4, -0.2) is 34.7 Å². The van der Waals surface area contributed by atoms with Gasteiger partial charge in [0.25, 0.3) is 0 Å². The normalized spacial score (nSPS) is 17.2. The van der Waals surface area contributed by atoms with E-state index in [4.69, 9.17) is 15.9 Å². The minimum atomic E-state index is -1.44. The number of benzene rings is 1. The zero-order valence-corrected chi connectivity index (χ0v) is 11.0. The summed E-state index contributed by atoms with van der Waals surface area (Å²) in [5, 5.41) is 20.4. The molecule has 6 nitrogen and oxygen atoms in total. The van der Waals surface area contributed by atoms with E-state index in [0.29, 0.717) is 5.69 Å². The summed E-state index contributed by atoms with van der Waals surface area (Å²) in [4.78, 5) is 22.7. The van der Waals surface area contributed by atoms with Crippen molar-refractivity contribution in [2.45, 2.75) is 30.8 Å². The first-order valence-electron chi connectivity index (χ1n) is 6.51. The van der Waals surface area contributed by atoms with Crippen LogP contribution in [0.5, 0.6) is 0 Å². The maximum absolute atomic E-state index is 12.2. The number of carbonyl (C=O) groups excluding carboxylic acids is 1. The summed E-state index contributed by atoms with van der Waals surface area (Å²) in [7, 11) is 0. The van der Waals surface area contributed by atoms with Gasteiger partial charge in [-0.15, -0.1) is 0 Å². The molecule has 1 saturated carbocycles. The minimum Gasteiger partial charge on any atom is -0.479 e. The van der Waals surface area contributed by atoms with Crippen molar-refractivity contribution in [1.29, 1.82) is 0 Å². The van der Waals surface area contributed by atoms with E-state index in [1.165, 1.54) is 0 Å². The third-order valence-electron chi connectivity index (χ3n) is 3.64. The van der Waals surface area contributed by atoms with Gasteiger partial charge in [0.15, 0.2) is 6.10 Å². The number of aliphatic hydroxyl groups excluding tert-OH is 1. The molecule has 1 aromatic rings. The number of aliphatic hydroxyl groups is 1. The van der Waals surface area contributed by atoms with E-state index in [1.54, 1.807) is 12.1 Å². The molecule has 1 aromatic carbocycles. The summed E-state index contributed by atoms with van der Waals surface area (Å²) >= 11 is 0. The average molecular weight is 278 g/mol. The van der Waals surface area contributed by atoms with Gasteiger partial charge in [0.1, 0.15) is 0 Å². The van der Waals surface area contributed by atoms with Crippen molar-refractivity contribution in [3.05, 3.63) is 29.8 Å². The minimum absolute atomic E-state index is 0.00110. The van der Waals surface area contributed by atoms with E-state index in [0.717, 1.165) is 18.4 Å². The number of hydrogen-bond acceptors (Lipinski definition) is 4. The molecule has 0 unspecified atom stereocenters. The number of aliphatic carboxylic acids is 1. The van der Waals surface area contributed by atoms with E-state index in [2.05, 4.69) is 5.32 Å². The van der Waals surface area contributed by atoms with E-state index in [1.807, 2.05) is 12.1 Å². The molecule has 1 amide bonds. The highest BCUT2D eigenvalue weighted by Crippen LogP contribution is 2.48. The van der Waals surface area contributed by atoms with E-state index in [-0.39, 0.29) is 18.9 Å². The lowest BCUT2D eigenvalue weighted by Gasteiger charge is -2.16. The van der Waals surface area contributed by atoms with Crippen LogP contribution in [0.1, 0.15) is 24.8 Å². The van der Waals surface area contributed by atoms with Crippen LogP contribution in [0.3, 0.4) is 0 Å². The number of anilines is 1. The number of rotatable bonds is 6. The van der Waals surface area contributed by atoms with E-state index < -0.39 is 17.5 Å². The quantitative estimate of drug-likeness (QED) is 0.557. The van der Waals surface area contributed by atoms with Crippen LogP contribution in [0.15, 0.2) is 24.3 Å². The molecule has 20 heavy (non-hydrogen) atoms. The van der Waals surface area contributed by atoms with Crippen LogP contribution >= 0.6 is 0 Å². The Morgan fingerprint density at radius 2 is 1.90 bits per heavy atom. The Balaban J connectivity index is 1.92. The molecule has 1 aliphatic carbocycles. The number of nitrogens with one attached hydrogen (secondary N) is 1. The van der Waals surface area contributed by atoms with Crippen molar-refractivity contribution in [3.63, 3.8) is 0 Å². The summed E-state index contributed by atoms with van der Waals surface area (Å²) in [5.41, 5.74) is 6.68. The largest absolute Gasteiger partial charge is 0.479 e. The second-order valence-electron chi connectivity index (χ2n) is 5.10. The number of hydrogen-bond donors (Lipinski definition) is 4. The van der Waals surface area contributed by atoms with Crippen LogP contribution < -0.4 is 11.1 Å². The molecule has 0 bridgehead atoms. The first-order valence-corrected chi connectivity index (χ1v) is 6.51. The summed E-state index contributed by atoms with van der Waals surface area (Å²) in [6.45, 7) is 0.142. The Morgan fingerprint density at radius 1 is 1.30 bits per heavy atom. The van der Waals surface area contributed by atoms with E-state index >= 15 is 0 Å². The number of carboxylic acids is 1. The SMILES string of the molecule is Nc1ccc(C2(C(=O)NCC[C@H](O)C(=O)O)CC2)cc1. The summed E-state index contributed by atoms with van der Waals surface area (Å²) in [6.07, 6.45) is 0.0925. The van der Waals surface area contributed by atoms with Crippen molar-refractivity contribution in [2.75, 3.05) is 12.3 Å². The number of carboxylic acid groups (broad SMARTS) is 1. The third-order valence-corrected chi connectivity index (χ3v) is 3.64. The zero-order valence-electron chi connectivity index (χ0n) is 11.0. The molecule has 2 rings (SSSR count). The highest BCUT2D eigenvalue weighted by molar-refractivity contribution is 5.91. The van der Waals surface area contributed by atoms with Crippen LogP contribution in [0.2, 0.25) is 0 Å². The summed E-state index contributed by atoms with van der Waals surface area (Å²) in [5.74, 6) is -1.40. The Labute approximate surface area is 116 Å². The Hall–Kier alpha value is -2.08. The molecular weight excluding hydrogens is 260 g/mol. The molecule has 1 atom stereocenters. The van der Waals surface area contributed by atoms with Gasteiger partial charge in [0.05, 0.1) is 5.41 Å². The predicted octanol–water partition coefficient (Wildman–Crippen LogP) is 0.252. The molecule has 0 radical (unpaired) electrons. The van der Waals surface area contributed by atoms with Gasteiger partial charge in [-0.25, -0.2) is 4.79 Å². The Morgan fingerprint density at radius 3 is 2.40 bits per heavy atom. The van der Waals surface area contributed by atoms with Gasteiger partial charge in [-0.3, -0.25) is 4.79 Å². The molecule has 6 heteroatoms. The number of amides is 1. The Kier molecular flexibility index (Phi) is 3.94. The second kappa shape index (κ2) is 5.50. The number of nitrogens with two attached hydrogens (primary N) is 1. The van der Waals surface area contributed by atoms with Gasteiger partial charge in [0.2, 0.25) is 5.91 Å². The third kappa shape index (κ3) is 2.91. The monoisotopic (exact) mass is 278 g/mol. The molecule has 0 spiro atoms. The zero-order chi connectivity index (χ0) is 14.8. The van der Waals surface area contributed by atoms with E-state index in [9.17, 15) is 9.59 Å². The Bertz CT molecular complexity index is 508. The van der Waals surface area contributed by atoms with Gasteiger partial charge >= 0.3 is 5.97 Å². The van der Waals surface area contributed by atoms with Gasteiger partial charge in [-0.2, -0.15) is 0 Å². The molecule has 1 fully saturated rings. The topological polar surface area (TPSA) is 113 Å². The smallest absolute Gasteiger partial charge is 0.332 e. The lowest BCUT2D eigenvalue weighted by Crippen LogP contribution is -2.37. The van der Waals surface area contributed by atoms with Crippen molar-refractivity contribution in [3.8, 4) is 0 Å². The van der Waals surface area contributed by atoms with Crippen LogP contribution in [0.25, 0.3) is 0 Å². The molecule has 0 aromatic heterocycles. The highest BCUT2D eigenvalue weighted by Gasteiger charge is 2.50. The van der Waals surface area contributed by atoms with Crippen molar-refractivity contribution < 1.29 is 19.8 Å². The standard InChI is InChI=1S/C14H18N2O4/c15-10-3-1-9(2-4-10)14(6-7-14)13(20)16-8-5-11(17)12(18)19/h1-4,11,17H,5-8,15H2,(H,16,20)(H,18,19)/t11-/m0/s1. The maximum atomic E-state index is 12.2. The molecule has 108 valence electrons. The summed E-state index contributed by atoms with van der Waals surface area (Å²) < 4.78 is 0. The van der Waals surface area contributed by atoms with Crippen LogP contribution in [0, 0.1) is 0 Å². The molecular formula is C14H18N2O4. The number of carbonyl (C=O) groups is 2. The molecule has 0 saturated heterocycles. The predicted molar refractivity (Wildman–Crippen MR) is 73.0 cm³/mol. The maximum Gasteiger partial charge on any atom is 0.332 e. The first-order chi connectivity index (χ1) is 9.45. The van der Waals surface area contributed by atoms with Gasteiger partial charge in [0, 0.05) is 18.7 Å². The highest BCUT2D eigenvalue weighted by atomic mass is 16.4. The fourth-order valence-corrected chi connectivity index (χ4v) is 2.19. The average Bonchev–Trinajstić information content (AvgIpc) is 3.20. The van der Waals surface area contributed by atoms with Crippen molar-refractivity contribution >= 4 is 17.6 Å². The van der Waals surface area contributed by atoms with Crippen LogP contribution in [0.4, 0.5) is 5.69 Å². The van der Waals surface area contributed by atoms with Gasteiger partial charge < -0.3 is 21.3 Å². The fraction of sp³-hybridized carbons (Fsp3) is 0.429. The lowest BCUT2D eigenvalue weighted by atomic mass is 9.94. The van der Waals surface area contributed by atoms with Crippen molar-refractivity contribution in [1.82, 2.24) is 5.32 Å². The molecule has 0 aliphatic heterocycles. The van der Waals surface area contributed by atoms with Crippen molar-refractivity contribution in [2.24, 2.45) is 0 Å². The second-order valence-corrected chi connectivity index (χ2v) is 5.10. The molecule has 5 N–H and O–H groups in total.